The molecule has 0 saturated carbocycles. The molecule has 0 aromatic carbocycles. The highest BCUT2D eigenvalue weighted by molar-refractivity contribution is 6.30. The molecule has 0 aliphatic heterocycles. The van der Waals surface area contributed by atoms with Crippen molar-refractivity contribution in [2.24, 2.45) is 7.05 Å². The molecule has 2 heterocycles. The Balaban J connectivity index is 2.28. The monoisotopic (exact) mass is 280 g/mol. The van der Waals surface area contributed by atoms with Gasteiger partial charge in [-0.15, -0.1) is 0 Å². The summed E-state index contributed by atoms with van der Waals surface area (Å²) < 4.78 is 7.58. The lowest BCUT2D eigenvalue weighted by atomic mass is 10.2. The molecule has 0 spiro atoms. The minimum atomic E-state index is 0.546. The predicted molar refractivity (Wildman–Crippen MR) is 74.6 cm³/mol. The van der Waals surface area contributed by atoms with Gasteiger partial charge in [0.1, 0.15) is 5.75 Å². The fraction of sp³-hybridized carbons (Fsp3) is 0.385. The highest BCUT2D eigenvalue weighted by atomic mass is 35.5. The van der Waals surface area contributed by atoms with E-state index in [1.807, 2.05) is 14.0 Å². The summed E-state index contributed by atoms with van der Waals surface area (Å²) in [5.74, 6) is 1.32. The van der Waals surface area contributed by atoms with E-state index in [2.05, 4.69) is 22.3 Å². The van der Waals surface area contributed by atoms with Crippen LogP contribution in [0, 0.1) is 6.92 Å². The van der Waals surface area contributed by atoms with Crippen LogP contribution in [0.4, 0.5) is 0 Å². The van der Waals surface area contributed by atoms with Crippen molar-refractivity contribution in [1.82, 2.24) is 20.1 Å². The van der Waals surface area contributed by atoms with Crippen molar-refractivity contribution in [3.8, 4) is 11.6 Å². The molecule has 19 heavy (non-hydrogen) atoms. The molecule has 2 aromatic rings. The highest BCUT2D eigenvalue weighted by Gasteiger charge is 2.15. The maximum absolute atomic E-state index is 5.90. The van der Waals surface area contributed by atoms with Crippen LogP contribution < -0.4 is 10.1 Å². The third-order valence-corrected chi connectivity index (χ3v) is 2.94. The molecule has 0 aliphatic rings. The van der Waals surface area contributed by atoms with Gasteiger partial charge >= 0.3 is 0 Å². The number of hydrogen-bond donors (Lipinski definition) is 1. The number of halogens is 1. The van der Waals surface area contributed by atoms with E-state index in [0.717, 1.165) is 24.3 Å². The van der Waals surface area contributed by atoms with Crippen molar-refractivity contribution in [3.63, 3.8) is 0 Å². The van der Waals surface area contributed by atoms with Crippen molar-refractivity contribution >= 4 is 11.6 Å². The Morgan fingerprint density at radius 1 is 1.42 bits per heavy atom. The van der Waals surface area contributed by atoms with Gasteiger partial charge in [-0.2, -0.15) is 5.10 Å². The molecule has 6 heteroatoms. The molecule has 0 bridgehead atoms. The zero-order chi connectivity index (χ0) is 13.8. The van der Waals surface area contributed by atoms with E-state index in [1.54, 1.807) is 23.1 Å². The second-order valence-corrected chi connectivity index (χ2v) is 4.65. The lowest BCUT2D eigenvalue weighted by molar-refractivity contribution is 0.422. The standard InChI is InChI=1S/C13H17ClN4O/c1-4-15-8-12-9(2)17-18(3)13(12)19-11-5-10(14)6-16-7-11/h5-7,15H,4,8H2,1-3H3. The molecule has 2 aromatic heterocycles. The summed E-state index contributed by atoms with van der Waals surface area (Å²) in [6, 6.07) is 1.73. The van der Waals surface area contributed by atoms with Crippen molar-refractivity contribution in [3.05, 3.63) is 34.7 Å². The molecule has 0 unspecified atom stereocenters. The number of rotatable bonds is 5. The molecule has 0 saturated heterocycles. The SMILES string of the molecule is CCNCc1c(C)nn(C)c1Oc1cncc(Cl)c1. The number of ether oxygens (including phenoxy) is 1. The first-order valence-electron chi connectivity index (χ1n) is 6.13. The Labute approximate surface area is 117 Å². The summed E-state index contributed by atoms with van der Waals surface area (Å²) in [5, 5.41) is 8.21. The molecule has 102 valence electrons. The largest absolute Gasteiger partial charge is 0.437 e. The van der Waals surface area contributed by atoms with E-state index >= 15 is 0 Å². The van der Waals surface area contributed by atoms with Crippen LogP contribution in [-0.4, -0.2) is 21.3 Å². The molecule has 0 atom stereocenters. The summed E-state index contributed by atoms with van der Waals surface area (Å²) >= 11 is 5.90. The van der Waals surface area contributed by atoms with E-state index in [9.17, 15) is 0 Å². The fourth-order valence-corrected chi connectivity index (χ4v) is 1.99. The topological polar surface area (TPSA) is 52.0 Å². The zero-order valence-electron chi connectivity index (χ0n) is 11.3. The van der Waals surface area contributed by atoms with Crippen LogP contribution in [0.1, 0.15) is 18.2 Å². The number of hydrogen-bond acceptors (Lipinski definition) is 4. The summed E-state index contributed by atoms with van der Waals surface area (Å²) in [5.41, 5.74) is 2.00. The first kappa shape index (κ1) is 13.8. The van der Waals surface area contributed by atoms with Gasteiger partial charge in [-0.05, 0) is 13.5 Å². The van der Waals surface area contributed by atoms with Gasteiger partial charge in [0.15, 0.2) is 0 Å². The van der Waals surface area contributed by atoms with Gasteiger partial charge in [-0.3, -0.25) is 4.98 Å². The Morgan fingerprint density at radius 2 is 2.21 bits per heavy atom. The van der Waals surface area contributed by atoms with Crippen LogP contribution in [0.2, 0.25) is 5.02 Å². The van der Waals surface area contributed by atoms with Gasteiger partial charge in [0, 0.05) is 25.9 Å². The minimum absolute atomic E-state index is 0.546. The quantitative estimate of drug-likeness (QED) is 0.915. The predicted octanol–water partition coefficient (Wildman–Crippen LogP) is 2.68. The number of pyridine rings is 1. The Morgan fingerprint density at radius 3 is 2.89 bits per heavy atom. The first-order valence-corrected chi connectivity index (χ1v) is 6.51. The van der Waals surface area contributed by atoms with Crippen LogP contribution >= 0.6 is 11.6 Å². The van der Waals surface area contributed by atoms with E-state index in [-0.39, 0.29) is 0 Å². The average Bonchev–Trinajstić information content (AvgIpc) is 2.62. The van der Waals surface area contributed by atoms with Gasteiger partial charge in [0.25, 0.3) is 0 Å². The van der Waals surface area contributed by atoms with E-state index in [1.165, 1.54) is 0 Å². The number of aromatic nitrogens is 3. The highest BCUT2D eigenvalue weighted by Crippen LogP contribution is 2.27. The van der Waals surface area contributed by atoms with Crippen LogP contribution in [-0.2, 0) is 13.6 Å². The molecule has 0 aliphatic carbocycles. The van der Waals surface area contributed by atoms with E-state index < -0.39 is 0 Å². The fourth-order valence-electron chi connectivity index (χ4n) is 1.82. The second kappa shape index (κ2) is 6.04. The van der Waals surface area contributed by atoms with Crippen molar-refractivity contribution in [2.45, 2.75) is 20.4 Å². The van der Waals surface area contributed by atoms with Crippen molar-refractivity contribution in [2.75, 3.05) is 6.54 Å². The molecule has 0 radical (unpaired) electrons. The Hall–Kier alpha value is -1.59. The maximum atomic E-state index is 5.90. The lowest BCUT2D eigenvalue weighted by Crippen LogP contribution is -2.12. The number of nitrogens with zero attached hydrogens (tertiary/aromatic N) is 3. The maximum Gasteiger partial charge on any atom is 0.222 e. The van der Waals surface area contributed by atoms with Crippen LogP contribution in [0.25, 0.3) is 0 Å². The molecule has 2 rings (SSSR count). The van der Waals surface area contributed by atoms with Gasteiger partial charge in [-0.1, -0.05) is 18.5 Å². The average molecular weight is 281 g/mol. The van der Waals surface area contributed by atoms with Crippen molar-refractivity contribution < 1.29 is 4.74 Å². The molecule has 5 nitrogen and oxygen atoms in total. The molecular weight excluding hydrogens is 264 g/mol. The van der Waals surface area contributed by atoms with E-state index in [4.69, 9.17) is 16.3 Å². The molecule has 1 N–H and O–H groups in total. The number of nitrogens with one attached hydrogen (secondary N) is 1. The van der Waals surface area contributed by atoms with Gasteiger partial charge in [-0.25, -0.2) is 4.68 Å². The van der Waals surface area contributed by atoms with Gasteiger partial charge < -0.3 is 10.1 Å². The first-order chi connectivity index (χ1) is 9.11. The Kier molecular flexibility index (Phi) is 4.39. The molecule has 0 fully saturated rings. The van der Waals surface area contributed by atoms with E-state index in [0.29, 0.717) is 16.7 Å². The zero-order valence-corrected chi connectivity index (χ0v) is 12.0. The molecule has 0 amide bonds. The number of aryl methyl sites for hydroxylation is 2. The Bertz CT molecular complexity index is 568. The van der Waals surface area contributed by atoms with Crippen molar-refractivity contribution in [1.29, 1.82) is 0 Å². The third-order valence-electron chi connectivity index (χ3n) is 2.73. The smallest absolute Gasteiger partial charge is 0.222 e. The van der Waals surface area contributed by atoms with Crippen LogP contribution in [0.15, 0.2) is 18.5 Å². The summed E-state index contributed by atoms with van der Waals surface area (Å²) in [6.45, 7) is 5.65. The molecular formula is C13H17ClN4O. The summed E-state index contributed by atoms with van der Waals surface area (Å²) in [4.78, 5) is 4.01. The van der Waals surface area contributed by atoms with Crippen LogP contribution in [0.3, 0.4) is 0 Å². The minimum Gasteiger partial charge on any atom is -0.437 e. The normalized spacial score (nSPS) is 10.7. The van der Waals surface area contributed by atoms with Gasteiger partial charge in [0.05, 0.1) is 22.5 Å². The van der Waals surface area contributed by atoms with Gasteiger partial charge in [0.2, 0.25) is 5.88 Å². The summed E-state index contributed by atoms with van der Waals surface area (Å²) in [6.07, 6.45) is 3.20. The second-order valence-electron chi connectivity index (χ2n) is 4.21. The van der Waals surface area contributed by atoms with Crippen LogP contribution in [0.5, 0.6) is 11.6 Å². The summed E-state index contributed by atoms with van der Waals surface area (Å²) in [7, 11) is 1.86. The lowest BCUT2D eigenvalue weighted by Gasteiger charge is -2.09. The third kappa shape index (κ3) is 3.24.